The van der Waals surface area contributed by atoms with Gasteiger partial charge in [0.2, 0.25) is 0 Å². The molecule has 0 aliphatic carbocycles. The number of hydrogen-bond donors (Lipinski definition) is 2. The molecule has 2 rings (SSSR count). The number of ether oxygens (including phenoxy) is 1. The number of anilines is 2. The molecule has 0 amide bonds. The van der Waals surface area contributed by atoms with Gasteiger partial charge in [0.15, 0.2) is 11.6 Å². The standard InChI is InChI=1S/C12H9BrF2N2O/c13-7-4-9(16)10(17)5-12(7)18-11-2-1-6(14)3-8(11)15/h1-5H,16-17H2. The maximum Gasteiger partial charge on any atom is 0.168 e. The summed E-state index contributed by atoms with van der Waals surface area (Å²) in [6.45, 7) is 0. The van der Waals surface area contributed by atoms with Crippen molar-refractivity contribution in [1.29, 1.82) is 0 Å². The highest BCUT2D eigenvalue weighted by Crippen LogP contribution is 2.35. The van der Waals surface area contributed by atoms with E-state index in [4.69, 9.17) is 16.2 Å². The van der Waals surface area contributed by atoms with Gasteiger partial charge in [0.1, 0.15) is 11.6 Å². The Morgan fingerprint density at radius 1 is 0.944 bits per heavy atom. The van der Waals surface area contributed by atoms with Gasteiger partial charge in [-0.1, -0.05) is 0 Å². The molecule has 0 aliphatic heterocycles. The minimum absolute atomic E-state index is 0.0960. The van der Waals surface area contributed by atoms with Crippen LogP contribution >= 0.6 is 15.9 Å². The second-order valence-corrected chi connectivity index (χ2v) is 4.44. The van der Waals surface area contributed by atoms with Crippen LogP contribution in [-0.2, 0) is 0 Å². The zero-order valence-corrected chi connectivity index (χ0v) is 10.7. The third-order valence-electron chi connectivity index (χ3n) is 2.25. The van der Waals surface area contributed by atoms with Gasteiger partial charge in [-0.05, 0) is 34.1 Å². The average molecular weight is 315 g/mol. The summed E-state index contributed by atoms with van der Waals surface area (Å²) in [6.07, 6.45) is 0. The van der Waals surface area contributed by atoms with Crippen molar-refractivity contribution in [2.45, 2.75) is 0 Å². The lowest BCUT2D eigenvalue weighted by Crippen LogP contribution is -1.97. The zero-order valence-electron chi connectivity index (χ0n) is 9.08. The molecule has 2 aromatic rings. The number of nitrogen functional groups attached to an aromatic ring is 2. The SMILES string of the molecule is Nc1cc(Br)c(Oc2ccc(F)cc2F)cc1N. The summed E-state index contributed by atoms with van der Waals surface area (Å²) >= 11 is 3.22. The Hall–Kier alpha value is -1.82. The maximum atomic E-state index is 13.4. The summed E-state index contributed by atoms with van der Waals surface area (Å²) in [5.41, 5.74) is 11.9. The normalized spacial score (nSPS) is 10.4. The summed E-state index contributed by atoms with van der Waals surface area (Å²) in [5, 5.41) is 0. The molecule has 0 atom stereocenters. The van der Waals surface area contributed by atoms with Gasteiger partial charge in [-0.25, -0.2) is 8.78 Å². The summed E-state index contributed by atoms with van der Waals surface area (Å²) < 4.78 is 32.0. The monoisotopic (exact) mass is 314 g/mol. The summed E-state index contributed by atoms with van der Waals surface area (Å²) in [6, 6.07) is 6.05. The lowest BCUT2D eigenvalue weighted by Gasteiger charge is -2.10. The highest BCUT2D eigenvalue weighted by atomic mass is 79.9. The van der Waals surface area contributed by atoms with E-state index in [0.717, 1.165) is 12.1 Å². The molecule has 0 saturated carbocycles. The summed E-state index contributed by atoms with van der Waals surface area (Å²) in [5.74, 6) is -1.26. The van der Waals surface area contributed by atoms with Crippen LogP contribution in [0.15, 0.2) is 34.8 Å². The largest absolute Gasteiger partial charge is 0.453 e. The van der Waals surface area contributed by atoms with E-state index in [-0.39, 0.29) is 5.75 Å². The second-order valence-electron chi connectivity index (χ2n) is 3.59. The van der Waals surface area contributed by atoms with Gasteiger partial charge in [-0.3, -0.25) is 0 Å². The molecule has 0 spiro atoms. The number of halogens is 3. The highest BCUT2D eigenvalue weighted by molar-refractivity contribution is 9.10. The van der Waals surface area contributed by atoms with Gasteiger partial charge in [-0.15, -0.1) is 0 Å². The molecule has 0 saturated heterocycles. The van der Waals surface area contributed by atoms with Gasteiger partial charge < -0.3 is 16.2 Å². The van der Waals surface area contributed by atoms with Crippen LogP contribution in [0.5, 0.6) is 11.5 Å². The van der Waals surface area contributed by atoms with Crippen LogP contribution < -0.4 is 16.2 Å². The van der Waals surface area contributed by atoms with Crippen LogP contribution in [-0.4, -0.2) is 0 Å². The first-order chi connectivity index (χ1) is 8.47. The number of nitrogens with two attached hydrogens (primary N) is 2. The van der Waals surface area contributed by atoms with E-state index in [1.54, 1.807) is 6.07 Å². The van der Waals surface area contributed by atoms with E-state index in [1.807, 2.05) is 0 Å². The molecule has 18 heavy (non-hydrogen) atoms. The molecule has 0 fully saturated rings. The summed E-state index contributed by atoms with van der Waals surface area (Å²) in [7, 11) is 0. The van der Waals surface area contributed by atoms with Crippen LogP contribution in [0.1, 0.15) is 0 Å². The van der Waals surface area contributed by atoms with E-state index >= 15 is 0 Å². The van der Waals surface area contributed by atoms with Gasteiger partial charge >= 0.3 is 0 Å². The Balaban J connectivity index is 2.37. The van der Waals surface area contributed by atoms with Crippen LogP contribution in [0.2, 0.25) is 0 Å². The van der Waals surface area contributed by atoms with Crippen molar-refractivity contribution in [2.24, 2.45) is 0 Å². The number of benzene rings is 2. The van der Waals surface area contributed by atoms with Crippen molar-refractivity contribution in [3.63, 3.8) is 0 Å². The minimum atomic E-state index is -0.794. The van der Waals surface area contributed by atoms with Crippen LogP contribution in [0.25, 0.3) is 0 Å². The molecule has 2 aromatic carbocycles. The lowest BCUT2D eigenvalue weighted by molar-refractivity contribution is 0.436. The molecular formula is C12H9BrF2N2O. The van der Waals surface area contributed by atoms with Crippen molar-refractivity contribution in [2.75, 3.05) is 11.5 Å². The molecule has 4 N–H and O–H groups in total. The van der Waals surface area contributed by atoms with Crippen LogP contribution in [0.4, 0.5) is 20.2 Å². The fourth-order valence-corrected chi connectivity index (χ4v) is 1.78. The smallest absolute Gasteiger partial charge is 0.168 e. The first-order valence-electron chi connectivity index (χ1n) is 4.95. The van der Waals surface area contributed by atoms with E-state index < -0.39 is 11.6 Å². The minimum Gasteiger partial charge on any atom is -0.453 e. The molecule has 0 radical (unpaired) electrons. The predicted molar refractivity (Wildman–Crippen MR) is 69.4 cm³/mol. The van der Waals surface area contributed by atoms with E-state index in [2.05, 4.69) is 15.9 Å². The first-order valence-corrected chi connectivity index (χ1v) is 5.74. The number of rotatable bonds is 2. The van der Waals surface area contributed by atoms with Gasteiger partial charge in [0, 0.05) is 12.1 Å². The van der Waals surface area contributed by atoms with Gasteiger partial charge in [-0.2, -0.15) is 0 Å². The third kappa shape index (κ3) is 2.53. The Labute approximate surface area is 110 Å². The van der Waals surface area contributed by atoms with Crippen molar-refractivity contribution >= 4 is 27.3 Å². The quantitative estimate of drug-likeness (QED) is 0.831. The lowest BCUT2D eigenvalue weighted by atomic mass is 10.2. The maximum absolute atomic E-state index is 13.4. The average Bonchev–Trinajstić information content (AvgIpc) is 2.29. The van der Waals surface area contributed by atoms with Crippen molar-refractivity contribution in [1.82, 2.24) is 0 Å². The van der Waals surface area contributed by atoms with Crippen molar-refractivity contribution in [3.05, 3.63) is 46.4 Å². The second kappa shape index (κ2) is 4.81. The Kier molecular flexibility index (Phi) is 3.38. The van der Waals surface area contributed by atoms with E-state index in [9.17, 15) is 8.78 Å². The van der Waals surface area contributed by atoms with Crippen molar-refractivity contribution < 1.29 is 13.5 Å². The Bertz CT molecular complexity index is 605. The molecular weight excluding hydrogens is 306 g/mol. The van der Waals surface area contributed by atoms with Crippen LogP contribution in [0, 0.1) is 11.6 Å². The Morgan fingerprint density at radius 2 is 1.61 bits per heavy atom. The number of hydrogen-bond acceptors (Lipinski definition) is 3. The predicted octanol–water partition coefficient (Wildman–Crippen LogP) is 3.68. The molecule has 6 heteroatoms. The highest BCUT2D eigenvalue weighted by Gasteiger charge is 2.10. The van der Waals surface area contributed by atoms with E-state index in [1.165, 1.54) is 12.1 Å². The fourth-order valence-electron chi connectivity index (χ4n) is 1.34. The molecule has 0 unspecified atom stereocenters. The first kappa shape index (κ1) is 12.6. The third-order valence-corrected chi connectivity index (χ3v) is 2.87. The molecule has 3 nitrogen and oxygen atoms in total. The topological polar surface area (TPSA) is 61.3 Å². The summed E-state index contributed by atoms with van der Waals surface area (Å²) in [4.78, 5) is 0. The molecule has 0 aliphatic rings. The molecule has 0 bridgehead atoms. The molecule has 0 aromatic heterocycles. The molecule has 94 valence electrons. The Morgan fingerprint density at radius 3 is 2.28 bits per heavy atom. The van der Waals surface area contributed by atoms with Crippen molar-refractivity contribution in [3.8, 4) is 11.5 Å². The zero-order chi connectivity index (χ0) is 13.3. The fraction of sp³-hybridized carbons (Fsp3) is 0. The van der Waals surface area contributed by atoms with E-state index in [0.29, 0.717) is 21.6 Å². The van der Waals surface area contributed by atoms with Gasteiger partial charge in [0.05, 0.1) is 15.8 Å². The van der Waals surface area contributed by atoms with Gasteiger partial charge in [0.25, 0.3) is 0 Å². The molecule has 0 heterocycles. The van der Waals surface area contributed by atoms with Crippen LogP contribution in [0.3, 0.4) is 0 Å².